The lowest BCUT2D eigenvalue weighted by molar-refractivity contribution is 0.138. The molecule has 1 unspecified atom stereocenters. The fraction of sp³-hybridized carbons (Fsp3) is 0.538. The zero-order valence-electron chi connectivity index (χ0n) is 10.1. The van der Waals surface area contributed by atoms with Crippen molar-refractivity contribution < 1.29 is 5.11 Å². The van der Waals surface area contributed by atoms with Crippen LogP contribution in [0, 0.1) is 13.8 Å². The number of hydrogen-bond donors (Lipinski definition) is 1. The van der Waals surface area contributed by atoms with Crippen LogP contribution in [0.2, 0.25) is 0 Å². The lowest BCUT2D eigenvalue weighted by atomic mass is 10.0. The summed E-state index contributed by atoms with van der Waals surface area (Å²) in [7, 11) is 2.04. The normalized spacial score (nSPS) is 13.2. The summed E-state index contributed by atoms with van der Waals surface area (Å²) in [4.78, 5) is 2.15. The van der Waals surface area contributed by atoms with E-state index in [9.17, 15) is 5.11 Å². The molecule has 15 heavy (non-hydrogen) atoms. The van der Waals surface area contributed by atoms with Crippen molar-refractivity contribution in [1.82, 2.24) is 4.90 Å². The van der Waals surface area contributed by atoms with Gasteiger partial charge in [-0.3, -0.25) is 4.90 Å². The van der Waals surface area contributed by atoms with Crippen molar-refractivity contribution in [2.45, 2.75) is 33.4 Å². The van der Waals surface area contributed by atoms with E-state index in [0.29, 0.717) is 6.54 Å². The number of aryl methyl sites for hydroxylation is 2. The van der Waals surface area contributed by atoms with Gasteiger partial charge in [0, 0.05) is 13.1 Å². The first-order valence-electron chi connectivity index (χ1n) is 5.42. The summed E-state index contributed by atoms with van der Waals surface area (Å²) in [5.41, 5.74) is 4.03. The second-order valence-corrected chi connectivity index (χ2v) is 4.42. The van der Waals surface area contributed by atoms with E-state index in [4.69, 9.17) is 0 Å². The molecular weight excluding hydrogens is 186 g/mol. The van der Waals surface area contributed by atoms with Crippen LogP contribution >= 0.6 is 0 Å². The SMILES string of the molecule is Cc1cccc(C)c1CN(C)CC(C)O. The van der Waals surface area contributed by atoms with Gasteiger partial charge in [0.1, 0.15) is 0 Å². The minimum atomic E-state index is -0.265. The third-order valence-electron chi connectivity index (χ3n) is 2.65. The highest BCUT2D eigenvalue weighted by molar-refractivity contribution is 5.33. The molecule has 1 aromatic carbocycles. The van der Waals surface area contributed by atoms with Crippen LogP contribution in [0.1, 0.15) is 23.6 Å². The van der Waals surface area contributed by atoms with Gasteiger partial charge >= 0.3 is 0 Å². The Balaban J connectivity index is 2.71. The van der Waals surface area contributed by atoms with Crippen LogP contribution < -0.4 is 0 Å². The minimum absolute atomic E-state index is 0.265. The van der Waals surface area contributed by atoms with Crippen LogP contribution in [0.3, 0.4) is 0 Å². The molecule has 0 aliphatic carbocycles. The summed E-state index contributed by atoms with van der Waals surface area (Å²) in [5, 5.41) is 9.30. The number of aliphatic hydroxyl groups is 1. The third-order valence-corrected chi connectivity index (χ3v) is 2.65. The van der Waals surface area contributed by atoms with Crippen molar-refractivity contribution in [3.63, 3.8) is 0 Å². The van der Waals surface area contributed by atoms with Gasteiger partial charge in [0.15, 0.2) is 0 Å². The zero-order valence-corrected chi connectivity index (χ0v) is 10.1. The largest absolute Gasteiger partial charge is 0.392 e. The molecule has 1 aromatic rings. The molecule has 0 aromatic heterocycles. The van der Waals surface area contributed by atoms with Gasteiger partial charge in [0.05, 0.1) is 6.10 Å². The Morgan fingerprint density at radius 1 is 1.27 bits per heavy atom. The minimum Gasteiger partial charge on any atom is -0.392 e. The molecule has 0 fully saturated rings. The molecule has 0 saturated carbocycles. The number of benzene rings is 1. The summed E-state index contributed by atoms with van der Waals surface area (Å²) in [6, 6.07) is 6.36. The molecule has 0 spiro atoms. The molecule has 0 amide bonds. The molecule has 2 heteroatoms. The predicted octanol–water partition coefficient (Wildman–Crippen LogP) is 2.12. The zero-order chi connectivity index (χ0) is 11.4. The molecule has 0 saturated heterocycles. The van der Waals surface area contributed by atoms with Crippen LogP contribution in [0.25, 0.3) is 0 Å². The van der Waals surface area contributed by atoms with Crippen LogP contribution in [0.4, 0.5) is 0 Å². The Hall–Kier alpha value is -0.860. The van der Waals surface area contributed by atoms with E-state index >= 15 is 0 Å². The molecule has 84 valence electrons. The van der Waals surface area contributed by atoms with E-state index in [1.54, 1.807) is 0 Å². The summed E-state index contributed by atoms with van der Waals surface area (Å²) in [5.74, 6) is 0. The van der Waals surface area contributed by atoms with Gasteiger partial charge in [-0.1, -0.05) is 18.2 Å². The van der Waals surface area contributed by atoms with Crippen LogP contribution in [0.5, 0.6) is 0 Å². The summed E-state index contributed by atoms with van der Waals surface area (Å²) in [6.45, 7) is 7.72. The monoisotopic (exact) mass is 207 g/mol. The van der Waals surface area contributed by atoms with Crippen LogP contribution in [-0.4, -0.2) is 29.7 Å². The first-order chi connectivity index (χ1) is 7.00. The molecule has 0 heterocycles. The number of likely N-dealkylation sites (N-methyl/N-ethyl adjacent to an activating group) is 1. The van der Waals surface area contributed by atoms with E-state index in [2.05, 4.69) is 36.9 Å². The smallest absolute Gasteiger partial charge is 0.0639 e. The van der Waals surface area contributed by atoms with Crippen molar-refractivity contribution in [2.24, 2.45) is 0 Å². The second kappa shape index (κ2) is 5.29. The number of nitrogens with zero attached hydrogens (tertiary/aromatic N) is 1. The van der Waals surface area contributed by atoms with E-state index in [1.165, 1.54) is 16.7 Å². The van der Waals surface area contributed by atoms with Crippen molar-refractivity contribution in [3.8, 4) is 0 Å². The molecule has 1 rings (SSSR count). The molecule has 0 radical (unpaired) electrons. The average Bonchev–Trinajstić information content (AvgIpc) is 2.10. The van der Waals surface area contributed by atoms with Gasteiger partial charge in [-0.25, -0.2) is 0 Å². The summed E-state index contributed by atoms with van der Waals surface area (Å²) < 4.78 is 0. The van der Waals surface area contributed by atoms with E-state index in [1.807, 2.05) is 14.0 Å². The molecular formula is C13H21NO. The Morgan fingerprint density at radius 3 is 2.27 bits per heavy atom. The number of aliphatic hydroxyl groups excluding tert-OH is 1. The Bertz CT molecular complexity index is 300. The van der Waals surface area contributed by atoms with E-state index < -0.39 is 0 Å². The summed E-state index contributed by atoms with van der Waals surface area (Å²) >= 11 is 0. The van der Waals surface area contributed by atoms with Gasteiger partial charge in [-0.05, 0) is 44.5 Å². The number of rotatable bonds is 4. The highest BCUT2D eigenvalue weighted by Crippen LogP contribution is 2.15. The van der Waals surface area contributed by atoms with Crippen LogP contribution in [-0.2, 0) is 6.54 Å². The van der Waals surface area contributed by atoms with Crippen molar-refractivity contribution in [1.29, 1.82) is 0 Å². The van der Waals surface area contributed by atoms with Crippen molar-refractivity contribution in [2.75, 3.05) is 13.6 Å². The van der Waals surface area contributed by atoms with Crippen LogP contribution in [0.15, 0.2) is 18.2 Å². The first kappa shape index (κ1) is 12.2. The molecule has 2 nitrogen and oxygen atoms in total. The lowest BCUT2D eigenvalue weighted by Gasteiger charge is -2.20. The van der Waals surface area contributed by atoms with Gasteiger partial charge in [-0.2, -0.15) is 0 Å². The lowest BCUT2D eigenvalue weighted by Crippen LogP contribution is -2.27. The van der Waals surface area contributed by atoms with E-state index in [-0.39, 0.29) is 6.10 Å². The Morgan fingerprint density at radius 2 is 1.80 bits per heavy atom. The highest BCUT2D eigenvalue weighted by Gasteiger charge is 2.07. The standard InChI is InChI=1S/C13H21NO/c1-10-6-5-7-11(2)13(10)9-14(4)8-12(3)15/h5-7,12,15H,8-9H2,1-4H3. The molecule has 0 aliphatic heterocycles. The topological polar surface area (TPSA) is 23.5 Å². The van der Waals surface area contributed by atoms with Gasteiger partial charge < -0.3 is 5.11 Å². The van der Waals surface area contributed by atoms with Gasteiger partial charge in [-0.15, -0.1) is 0 Å². The van der Waals surface area contributed by atoms with Crippen molar-refractivity contribution >= 4 is 0 Å². The number of hydrogen-bond acceptors (Lipinski definition) is 2. The van der Waals surface area contributed by atoms with Gasteiger partial charge in [0.2, 0.25) is 0 Å². The Labute approximate surface area is 92.5 Å². The third kappa shape index (κ3) is 3.65. The maximum Gasteiger partial charge on any atom is 0.0639 e. The molecule has 0 bridgehead atoms. The highest BCUT2D eigenvalue weighted by atomic mass is 16.3. The average molecular weight is 207 g/mol. The fourth-order valence-electron chi connectivity index (χ4n) is 1.88. The second-order valence-electron chi connectivity index (χ2n) is 4.42. The Kier molecular flexibility index (Phi) is 4.30. The predicted molar refractivity (Wildman–Crippen MR) is 63.9 cm³/mol. The molecule has 1 atom stereocenters. The molecule has 0 aliphatic rings. The van der Waals surface area contributed by atoms with Crippen molar-refractivity contribution in [3.05, 3.63) is 34.9 Å². The maximum atomic E-state index is 9.30. The summed E-state index contributed by atoms with van der Waals surface area (Å²) in [6.07, 6.45) is -0.265. The maximum absolute atomic E-state index is 9.30. The first-order valence-corrected chi connectivity index (χ1v) is 5.42. The molecule has 1 N–H and O–H groups in total. The van der Waals surface area contributed by atoms with Gasteiger partial charge in [0.25, 0.3) is 0 Å². The fourth-order valence-corrected chi connectivity index (χ4v) is 1.88. The quantitative estimate of drug-likeness (QED) is 0.817. The van der Waals surface area contributed by atoms with E-state index in [0.717, 1.165) is 6.54 Å².